The van der Waals surface area contributed by atoms with Gasteiger partial charge in [0.05, 0.1) is 16.3 Å². The zero-order valence-corrected chi connectivity index (χ0v) is 18.5. The molecule has 0 radical (unpaired) electrons. The van der Waals surface area contributed by atoms with Crippen molar-refractivity contribution in [3.8, 4) is 22.6 Å². The maximum absolute atomic E-state index is 13.2. The van der Waals surface area contributed by atoms with Crippen LogP contribution in [0.5, 0.6) is 11.5 Å². The van der Waals surface area contributed by atoms with Crippen LogP contribution in [0.2, 0.25) is 5.02 Å². The third-order valence-corrected chi connectivity index (χ3v) is 6.91. The van der Waals surface area contributed by atoms with Crippen LogP contribution in [-0.2, 0) is 15.7 Å². The molecule has 1 fully saturated rings. The van der Waals surface area contributed by atoms with Crippen LogP contribution in [-0.4, -0.2) is 28.5 Å². The molecule has 5 rings (SSSR count). The van der Waals surface area contributed by atoms with Crippen molar-refractivity contribution < 1.29 is 23.6 Å². The average Bonchev–Trinajstić information content (AvgIpc) is 3.63. The Balaban J connectivity index is 1.64. The first-order valence-electron chi connectivity index (χ1n) is 10.3. The van der Waals surface area contributed by atoms with Gasteiger partial charge in [0, 0.05) is 5.56 Å². The van der Waals surface area contributed by atoms with Crippen molar-refractivity contribution in [1.29, 1.82) is 0 Å². The molecule has 4 bridgehead atoms. The van der Waals surface area contributed by atoms with E-state index in [4.69, 9.17) is 21.1 Å². The maximum Gasteiger partial charge on any atom is 0.338 e. The molecule has 0 saturated heterocycles. The van der Waals surface area contributed by atoms with E-state index in [0.29, 0.717) is 17.4 Å². The van der Waals surface area contributed by atoms with E-state index in [9.17, 15) is 14.1 Å². The summed E-state index contributed by atoms with van der Waals surface area (Å²) >= 11 is 6.11. The first-order valence-corrected chi connectivity index (χ1v) is 11.8. The molecule has 3 aromatic carbocycles. The minimum Gasteiger partial charge on any atom is -0.505 e. The molecule has 1 unspecified atom stereocenters. The highest BCUT2D eigenvalue weighted by Crippen LogP contribution is 2.45. The Bertz CT molecular complexity index is 1240. The molecule has 0 spiro atoms. The lowest BCUT2D eigenvalue weighted by Gasteiger charge is -2.16. The number of aromatic hydroxyl groups is 1. The summed E-state index contributed by atoms with van der Waals surface area (Å²) < 4.78 is 27.4. The summed E-state index contributed by atoms with van der Waals surface area (Å²) in [7, 11) is -1.86. The van der Waals surface area contributed by atoms with E-state index in [2.05, 4.69) is 4.72 Å². The maximum atomic E-state index is 13.2. The minimum atomic E-state index is -1.86. The molecule has 1 aliphatic carbocycles. The van der Waals surface area contributed by atoms with E-state index in [0.717, 1.165) is 29.5 Å². The van der Waals surface area contributed by atoms with E-state index >= 15 is 0 Å². The summed E-state index contributed by atoms with van der Waals surface area (Å²) in [5.41, 5.74) is 3.63. The number of rotatable bonds is 1. The number of phenolic OH excluding ortho intramolecular Hbond substituents is 1. The van der Waals surface area contributed by atoms with Gasteiger partial charge in [-0.1, -0.05) is 41.9 Å². The number of anilines is 1. The van der Waals surface area contributed by atoms with Gasteiger partial charge in [-0.15, -0.1) is 0 Å². The highest BCUT2D eigenvalue weighted by molar-refractivity contribution is 7.86. The molecule has 3 aromatic rings. The Hall–Kier alpha value is -3.03. The van der Waals surface area contributed by atoms with Crippen molar-refractivity contribution >= 4 is 34.2 Å². The number of ether oxygens (including phenoxy) is 2. The van der Waals surface area contributed by atoms with Gasteiger partial charge in [0.1, 0.15) is 23.9 Å². The molecule has 1 saturated carbocycles. The van der Waals surface area contributed by atoms with E-state index in [-0.39, 0.29) is 34.4 Å². The summed E-state index contributed by atoms with van der Waals surface area (Å²) in [6.07, 6.45) is 2.14. The van der Waals surface area contributed by atoms with Crippen LogP contribution in [0.25, 0.3) is 11.1 Å². The fourth-order valence-corrected chi connectivity index (χ4v) is 5.03. The predicted octanol–water partition coefficient (Wildman–Crippen LogP) is 5.27. The second-order valence-corrected chi connectivity index (χ2v) is 9.32. The lowest BCUT2D eigenvalue weighted by atomic mass is 10.00. The van der Waals surface area contributed by atoms with Gasteiger partial charge >= 0.3 is 5.97 Å². The summed E-state index contributed by atoms with van der Waals surface area (Å²) in [5.74, 6) is 0.0776. The van der Waals surface area contributed by atoms with E-state index < -0.39 is 17.0 Å². The number of hydrogen-bond donors (Lipinski definition) is 2. The quantitative estimate of drug-likeness (QED) is 0.474. The zero-order valence-electron chi connectivity index (χ0n) is 17.0. The van der Waals surface area contributed by atoms with Crippen molar-refractivity contribution in [3.05, 3.63) is 70.7 Å². The number of carbonyl (C=O) groups is 1. The SMILES string of the molecule is O=C1OCCOc2ccccc2-c2ccc(C3CC3)c(c2)NS(=O)c2cc1cc(Cl)c2O. The molecule has 2 N–H and O–H groups in total. The number of nitrogens with one attached hydrogen (secondary N) is 1. The van der Waals surface area contributed by atoms with Gasteiger partial charge in [-0.25, -0.2) is 9.00 Å². The number of halogens is 1. The monoisotopic (exact) mass is 469 g/mol. The van der Waals surface area contributed by atoms with Crippen molar-refractivity contribution in [2.24, 2.45) is 0 Å². The van der Waals surface area contributed by atoms with Crippen LogP contribution in [0.15, 0.2) is 59.5 Å². The molecule has 32 heavy (non-hydrogen) atoms. The molecule has 1 heterocycles. The Morgan fingerprint density at radius 1 is 1.00 bits per heavy atom. The van der Waals surface area contributed by atoms with E-state index in [1.807, 2.05) is 42.5 Å². The normalized spacial score (nSPS) is 18.3. The van der Waals surface area contributed by atoms with Crippen molar-refractivity contribution in [3.63, 3.8) is 0 Å². The number of hydrogen-bond acceptors (Lipinski definition) is 5. The van der Waals surface area contributed by atoms with Gasteiger partial charge in [-0.3, -0.25) is 0 Å². The molecular formula is C24H20ClNO5S. The second kappa shape index (κ2) is 8.48. The molecule has 1 atom stereocenters. The topological polar surface area (TPSA) is 84.9 Å². The largest absolute Gasteiger partial charge is 0.505 e. The van der Waals surface area contributed by atoms with Crippen molar-refractivity contribution in [1.82, 2.24) is 0 Å². The number of phenols is 1. The summed E-state index contributed by atoms with van der Waals surface area (Å²) in [5, 5.41) is 10.3. The molecule has 8 heteroatoms. The molecule has 0 amide bonds. The smallest absolute Gasteiger partial charge is 0.338 e. The molecule has 2 aliphatic rings. The van der Waals surface area contributed by atoms with Crippen LogP contribution >= 0.6 is 11.6 Å². The third-order valence-electron chi connectivity index (χ3n) is 5.51. The number of fused-ring (bicyclic) bond motifs is 6. The summed E-state index contributed by atoms with van der Waals surface area (Å²) in [6.45, 7) is 0.187. The Labute approximate surface area is 192 Å². The van der Waals surface area contributed by atoms with Gasteiger partial charge in [-0.05, 0) is 54.2 Å². The Morgan fingerprint density at radius 2 is 1.78 bits per heavy atom. The van der Waals surface area contributed by atoms with Crippen LogP contribution < -0.4 is 9.46 Å². The first kappa shape index (κ1) is 20.8. The lowest BCUT2D eigenvalue weighted by molar-refractivity contribution is 0.0450. The number of para-hydroxylation sites is 1. The third kappa shape index (κ3) is 4.06. The van der Waals surface area contributed by atoms with Crippen molar-refractivity contribution in [2.75, 3.05) is 17.9 Å². The van der Waals surface area contributed by atoms with Gasteiger partial charge in [-0.2, -0.15) is 0 Å². The van der Waals surface area contributed by atoms with Gasteiger partial charge < -0.3 is 19.3 Å². The second-order valence-electron chi connectivity index (χ2n) is 7.73. The standard InChI is InChI=1S/C24H20ClNO5S/c25-19-11-16-13-22(23(19)27)32(29)26-20-12-15(7-8-17(20)14-5-6-14)18-3-1-2-4-21(18)30-9-10-31-24(16)28/h1-4,7-8,11-14,26-27H,5-6,9-10H2. The fraction of sp³-hybridized carbons (Fsp3) is 0.208. The van der Waals surface area contributed by atoms with Crippen LogP contribution in [0.4, 0.5) is 5.69 Å². The van der Waals surface area contributed by atoms with Crippen LogP contribution in [0, 0.1) is 0 Å². The summed E-state index contributed by atoms with van der Waals surface area (Å²) in [4.78, 5) is 12.5. The molecule has 164 valence electrons. The van der Waals surface area contributed by atoms with Crippen LogP contribution in [0.1, 0.15) is 34.7 Å². The lowest BCUT2D eigenvalue weighted by Crippen LogP contribution is -2.13. The molecular weight excluding hydrogens is 450 g/mol. The van der Waals surface area contributed by atoms with Gasteiger partial charge in [0.25, 0.3) is 0 Å². The molecule has 6 nitrogen and oxygen atoms in total. The highest BCUT2D eigenvalue weighted by Gasteiger charge is 2.28. The molecule has 0 aromatic heterocycles. The first-order chi connectivity index (χ1) is 15.5. The van der Waals surface area contributed by atoms with Crippen LogP contribution in [0.3, 0.4) is 0 Å². The minimum absolute atomic E-state index is 0.0168. The number of carbonyl (C=O) groups excluding carboxylic acids is 1. The average molecular weight is 470 g/mol. The Morgan fingerprint density at radius 3 is 2.59 bits per heavy atom. The number of benzene rings is 3. The number of esters is 1. The molecule has 1 aliphatic heterocycles. The zero-order chi connectivity index (χ0) is 22.2. The number of cyclic esters (lactones) is 1. The fourth-order valence-electron chi connectivity index (χ4n) is 3.75. The van der Waals surface area contributed by atoms with Crippen molar-refractivity contribution in [2.45, 2.75) is 23.7 Å². The van der Waals surface area contributed by atoms with E-state index in [1.165, 1.54) is 12.1 Å². The highest BCUT2D eigenvalue weighted by atomic mass is 35.5. The predicted molar refractivity (Wildman–Crippen MR) is 123 cm³/mol. The van der Waals surface area contributed by atoms with Gasteiger partial charge in [0.2, 0.25) is 0 Å². The van der Waals surface area contributed by atoms with Gasteiger partial charge in [0.15, 0.2) is 16.7 Å². The Kier molecular flexibility index (Phi) is 5.53. The summed E-state index contributed by atoms with van der Waals surface area (Å²) in [6, 6.07) is 16.2. The van der Waals surface area contributed by atoms with E-state index in [1.54, 1.807) is 0 Å².